The summed E-state index contributed by atoms with van der Waals surface area (Å²) in [6.45, 7) is 1.57. The van der Waals surface area contributed by atoms with Crippen molar-refractivity contribution in [2.75, 3.05) is 5.43 Å². The van der Waals surface area contributed by atoms with E-state index in [1.165, 1.54) is 0 Å². The molecule has 0 radical (unpaired) electrons. The van der Waals surface area contributed by atoms with E-state index in [0.717, 1.165) is 0 Å². The van der Waals surface area contributed by atoms with Crippen molar-refractivity contribution in [1.82, 2.24) is 10.4 Å². The molecule has 14 heavy (non-hydrogen) atoms. The fourth-order valence-electron chi connectivity index (χ4n) is 0.703. The van der Waals surface area contributed by atoms with Crippen molar-refractivity contribution in [3.8, 4) is 0 Å². The Morgan fingerprint density at radius 1 is 1.57 bits per heavy atom. The van der Waals surface area contributed by atoms with Crippen LogP contribution in [0.15, 0.2) is 18.2 Å². The molecule has 76 valence electrons. The van der Waals surface area contributed by atoms with Crippen LogP contribution in [0.5, 0.6) is 0 Å². The normalized spacial score (nSPS) is 11.9. The summed E-state index contributed by atoms with van der Waals surface area (Å²) in [5.41, 5.74) is 4.97. The number of alkyl halides is 1. The van der Waals surface area contributed by atoms with E-state index in [1.807, 2.05) is 0 Å². The molecular weight excluding hydrogens is 225 g/mol. The lowest BCUT2D eigenvalue weighted by atomic mass is 10.4. The van der Waals surface area contributed by atoms with Crippen LogP contribution in [0, 0.1) is 0 Å². The molecule has 0 aliphatic heterocycles. The van der Waals surface area contributed by atoms with Gasteiger partial charge in [0.15, 0.2) is 0 Å². The lowest BCUT2D eigenvalue weighted by Crippen LogP contribution is -2.34. The summed E-state index contributed by atoms with van der Waals surface area (Å²) in [7, 11) is 0. The maximum absolute atomic E-state index is 11.0. The number of carbonyl (C=O) groups is 1. The third-order valence-electron chi connectivity index (χ3n) is 1.39. The third kappa shape index (κ3) is 3.40. The Labute approximate surface area is 91.6 Å². The zero-order valence-corrected chi connectivity index (χ0v) is 8.93. The van der Waals surface area contributed by atoms with Crippen LogP contribution >= 0.6 is 23.2 Å². The Morgan fingerprint density at radius 2 is 2.29 bits per heavy atom. The molecule has 1 aromatic heterocycles. The zero-order chi connectivity index (χ0) is 10.6. The Kier molecular flexibility index (Phi) is 3.98. The summed E-state index contributed by atoms with van der Waals surface area (Å²) < 4.78 is 0. The number of rotatable bonds is 3. The van der Waals surface area contributed by atoms with Gasteiger partial charge >= 0.3 is 0 Å². The summed E-state index contributed by atoms with van der Waals surface area (Å²) in [5, 5.41) is -0.246. The topological polar surface area (TPSA) is 54.0 Å². The summed E-state index contributed by atoms with van der Waals surface area (Å²) in [4.78, 5) is 14.9. The second-order valence-corrected chi connectivity index (χ2v) is 3.62. The molecule has 2 N–H and O–H groups in total. The van der Waals surface area contributed by atoms with Crippen molar-refractivity contribution in [3.05, 3.63) is 23.4 Å². The predicted molar refractivity (Wildman–Crippen MR) is 56.3 cm³/mol. The highest BCUT2D eigenvalue weighted by atomic mass is 35.5. The molecule has 0 aliphatic rings. The van der Waals surface area contributed by atoms with E-state index in [2.05, 4.69) is 15.8 Å². The highest BCUT2D eigenvalue weighted by Gasteiger charge is 2.07. The lowest BCUT2D eigenvalue weighted by Gasteiger charge is -2.08. The molecule has 1 aromatic rings. The maximum Gasteiger partial charge on any atom is 0.256 e. The van der Waals surface area contributed by atoms with Gasteiger partial charge in [-0.05, 0) is 19.1 Å². The zero-order valence-electron chi connectivity index (χ0n) is 7.42. The van der Waals surface area contributed by atoms with Crippen LogP contribution in [0.3, 0.4) is 0 Å². The number of nitrogens with one attached hydrogen (secondary N) is 2. The number of amides is 1. The average Bonchev–Trinajstić information content (AvgIpc) is 2.14. The number of anilines is 1. The van der Waals surface area contributed by atoms with E-state index in [-0.39, 0.29) is 5.91 Å². The second-order valence-electron chi connectivity index (χ2n) is 2.58. The number of nitrogens with zero attached hydrogens (tertiary/aromatic N) is 1. The fourth-order valence-corrected chi connectivity index (χ4v) is 0.921. The van der Waals surface area contributed by atoms with E-state index < -0.39 is 5.38 Å². The van der Waals surface area contributed by atoms with Crippen molar-refractivity contribution in [1.29, 1.82) is 0 Å². The summed E-state index contributed by atoms with van der Waals surface area (Å²) in [6, 6.07) is 5.03. The van der Waals surface area contributed by atoms with Crippen LogP contribution < -0.4 is 10.9 Å². The number of aromatic nitrogens is 1. The largest absolute Gasteiger partial charge is 0.282 e. The minimum atomic E-state index is -0.596. The summed E-state index contributed by atoms with van der Waals surface area (Å²) in [6.07, 6.45) is 0. The predicted octanol–water partition coefficient (Wildman–Crippen LogP) is 1.81. The number of halogens is 2. The van der Waals surface area contributed by atoms with Crippen LogP contribution in [0.2, 0.25) is 5.15 Å². The van der Waals surface area contributed by atoms with Gasteiger partial charge in [-0.1, -0.05) is 17.7 Å². The average molecular weight is 234 g/mol. The summed E-state index contributed by atoms with van der Waals surface area (Å²) in [5.74, 6) is 0.136. The van der Waals surface area contributed by atoms with Crippen molar-refractivity contribution >= 4 is 34.9 Å². The molecule has 0 saturated heterocycles. The molecule has 6 heteroatoms. The number of hydrogen-bond donors (Lipinski definition) is 2. The van der Waals surface area contributed by atoms with E-state index in [0.29, 0.717) is 11.0 Å². The van der Waals surface area contributed by atoms with Crippen LogP contribution in [0.1, 0.15) is 6.92 Å². The minimum absolute atomic E-state index is 0.326. The first-order valence-corrected chi connectivity index (χ1v) is 4.73. The van der Waals surface area contributed by atoms with Gasteiger partial charge in [0.1, 0.15) is 16.3 Å². The fraction of sp³-hybridized carbons (Fsp3) is 0.250. The molecule has 0 aromatic carbocycles. The first kappa shape index (κ1) is 11.1. The van der Waals surface area contributed by atoms with Crippen molar-refractivity contribution < 1.29 is 4.79 Å². The molecule has 1 rings (SSSR count). The van der Waals surface area contributed by atoms with Gasteiger partial charge < -0.3 is 0 Å². The number of hydrogen-bond acceptors (Lipinski definition) is 3. The molecule has 1 amide bonds. The van der Waals surface area contributed by atoms with Crippen LogP contribution in [0.4, 0.5) is 5.82 Å². The van der Waals surface area contributed by atoms with Gasteiger partial charge in [0, 0.05) is 0 Å². The van der Waals surface area contributed by atoms with Gasteiger partial charge in [-0.2, -0.15) is 0 Å². The van der Waals surface area contributed by atoms with Gasteiger partial charge in [0.2, 0.25) is 0 Å². The molecule has 4 nitrogen and oxygen atoms in total. The van der Waals surface area contributed by atoms with Gasteiger partial charge in [-0.3, -0.25) is 15.6 Å². The number of hydrazine groups is 1. The Morgan fingerprint density at radius 3 is 2.86 bits per heavy atom. The first-order valence-electron chi connectivity index (χ1n) is 3.92. The van der Waals surface area contributed by atoms with E-state index in [4.69, 9.17) is 23.2 Å². The van der Waals surface area contributed by atoms with Gasteiger partial charge in [-0.25, -0.2) is 4.98 Å². The van der Waals surface area contributed by atoms with E-state index in [9.17, 15) is 4.79 Å². The van der Waals surface area contributed by atoms with Crippen molar-refractivity contribution in [2.24, 2.45) is 0 Å². The minimum Gasteiger partial charge on any atom is -0.282 e. The molecule has 1 heterocycles. The highest BCUT2D eigenvalue weighted by molar-refractivity contribution is 6.30. The highest BCUT2D eigenvalue weighted by Crippen LogP contribution is 2.07. The van der Waals surface area contributed by atoms with E-state index in [1.54, 1.807) is 25.1 Å². The standard InChI is InChI=1S/C8H9Cl2N3O/c1-5(9)8(14)13-12-7-4-2-3-6(10)11-7/h2-5H,1H3,(H,11,12)(H,13,14)/t5-/m0/s1. The summed E-state index contributed by atoms with van der Waals surface area (Å²) >= 11 is 11.2. The molecule has 0 fully saturated rings. The SMILES string of the molecule is C[C@H](Cl)C(=O)NNc1cccc(Cl)n1. The third-order valence-corrected chi connectivity index (χ3v) is 1.80. The first-order chi connectivity index (χ1) is 6.59. The Balaban J connectivity index is 2.50. The quantitative estimate of drug-likeness (QED) is 0.476. The van der Waals surface area contributed by atoms with Crippen LogP contribution in [-0.2, 0) is 4.79 Å². The number of pyridine rings is 1. The molecular formula is C8H9Cl2N3O. The van der Waals surface area contributed by atoms with Crippen molar-refractivity contribution in [3.63, 3.8) is 0 Å². The Bertz CT molecular complexity index is 330. The molecule has 0 aliphatic carbocycles. The maximum atomic E-state index is 11.0. The molecule has 0 spiro atoms. The van der Waals surface area contributed by atoms with Crippen LogP contribution in [0.25, 0.3) is 0 Å². The van der Waals surface area contributed by atoms with Gasteiger partial charge in [0.25, 0.3) is 5.91 Å². The molecule has 0 saturated carbocycles. The van der Waals surface area contributed by atoms with Gasteiger partial charge in [0.05, 0.1) is 0 Å². The van der Waals surface area contributed by atoms with Crippen molar-refractivity contribution in [2.45, 2.75) is 12.3 Å². The monoisotopic (exact) mass is 233 g/mol. The molecule has 0 bridgehead atoms. The number of carbonyl (C=O) groups excluding carboxylic acids is 1. The molecule has 1 atom stereocenters. The molecule has 0 unspecified atom stereocenters. The van der Waals surface area contributed by atoms with Gasteiger partial charge in [-0.15, -0.1) is 11.6 Å². The van der Waals surface area contributed by atoms with E-state index >= 15 is 0 Å². The smallest absolute Gasteiger partial charge is 0.256 e. The lowest BCUT2D eigenvalue weighted by molar-refractivity contribution is -0.119. The second kappa shape index (κ2) is 5.02. The van der Waals surface area contributed by atoms with Crippen LogP contribution in [-0.4, -0.2) is 16.3 Å². The Hall–Kier alpha value is -1.00.